The minimum Gasteiger partial charge on any atom is -0.493 e. The monoisotopic (exact) mass is 672 g/mol. The number of hydrogen-bond acceptors (Lipinski definition) is 10. The zero-order valence-corrected chi connectivity index (χ0v) is 28.3. The topological polar surface area (TPSA) is 135 Å². The Bertz CT molecular complexity index is 2060. The Kier molecular flexibility index (Phi) is 10.3. The van der Waals surface area contributed by atoms with Crippen molar-refractivity contribution in [2.75, 3.05) is 20.8 Å². The van der Waals surface area contributed by atoms with Crippen molar-refractivity contribution in [1.29, 1.82) is 0 Å². The maximum Gasteiger partial charge on any atom is 0.338 e. The first-order valence-corrected chi connectivity index (χ1v) is 16.0. The molecule has 250 valence electrons. The predicted octanol–water partition coefficient (Wildman–Crippen LogP) is 4.88. The Morgan fingerprint density at radius 1 is 0.979 bits per heavy atom. The number of methoxy groups -OCH3 is 2. The summed E-state index contributed by atoms with van der Waals surface area (Å²) in [5.74, 6) is 0.383. The zero-order valence-electron chi connectivity index (χ0n) is 27.4. The second-order valence-corrected chi connectivity index (χ2v) is 12.1. The van der Waals surface area contributed by atoms with E-state index in [9.17, 15) is 14.4 Å². The molecule has 1 aliphatic rings. The van der Waals surface area contributed by atoms with Crippen LogP contribution < -0.4 is 33.8 Å². The van der Waals surface area contributed by atoms with E-state index in [1.54, 1.807) is 62.4 Å². The zero-order chi connectivity index (χ0) is 34.5. The molecule has 5 rings (SSSR count). The van der Waals surface area contributed by atoms with Crippen LogP contribution in [-0.2, 0) is 16.1 Å². The molecule has 1 atom stereocenters. The highest BCUT2D eigenvalue weighted by atomic mass is 32.1. The molecule has 3 aromatic carbocycles. The molecule has 2 heterocycles. The maximum atomic E-state index is 14.1. The molecule has 0 saturated heterocycles. The van der Waals surface area contributed by atoms with E-state index in [0.717, 1.165) is 5.56 Å². The van der Waals surface area contributed by atoms with Gasteiger partial charge in [0, 0.05) is 0 Å². The molecule has 0 amide bonds. The number of carboxylic acids is 1. The summed E-state index contributed by atoms with van der Waals surface area (Å²) in [4.78, 5) is 43.6. The Hall–Kier alpha value is -5.36. The van der Waals surface area contributed by atoms with Gasteiger partial charge >= 0.3 is 11.9 Å². The fourth-order valence-corrected chi connectivity index (χ4v) is 6.31. The van der Waals surface area contributed by atoms with Gasteiger partial charge in [0.2, 0.25) is 0 Å². The van der Waals surface area contributed by atoms with Crippen LogP contribution in [-0.4, -0.2) is 48.5 Å². The molecule has 0 spiro atoms. The van der Waals surface area contributed by atoms with Gasteiger partial charge in [-0.1, -0.05) is 35.6 Å². The van der Waals surface area contributed by atoms with Gasteiger partial charge in [-0.25, -0.2) is 14.6 Å². The van der Waals surface area contributed by atoms with Crippen molar-refractivity contribution >= 4 is 29.4 Å². The molecule has 0 bridgehead atoms. The van der Waals surface area contributed by atoms with Crippen molar-refractivity contribution < 1.29 is 38.4 Å². The number of allylic oxidation sites excluding steroid dienone is 1. The van der Waals surface area contributed by atoms with Crippen molar-refractivity contribution in [3.63, 3.8) is 0 Å². The Balaban J connectivity index is 1.53. The van der Waals surface area contributed by atoms with E-state index in [-0.39, 0.29) is 36.0 Å². The number of thiazole rings is 1. The summed E-state index contributed by atoms with van der Waals surface area (Å²) >= 11 is 1.21. The smallest absolute Gasteiger partial charge is 0.338 e. The summed E-state index contributed by atoms with van der Waals surface area (Å²) in [6, 6.07) is 16.2. The van der Waals surface area contributed by atoms with Crippen LogP contribution >= 0.6 is 11.3 Å². The van der Waals surface area contributed by atoms with Crippen LogP contribution in [0.1, 0.15) is 60.8 Å². The number of esters is 1. The summed E-state index contributed by atoms with van der Waals surface area (Å²) in [6.07, 6.45) is 1.65. The van der Waals surface area contributed by atoms with E-state index >= 15 is 0 Å². The first-order chi connectivity index (χ1) is 23.0. The third-order valence-corrected chi connectivity index (χ3v) is 8.45. The third-order valence-electron chi connectivity index (χ3n) is 7.46. The summed E-state index contributed by atoms with van der Waals surface area (Å²) in [5, 5.41) is 9.13. The molecule has 4 aromatic rings. The minimum absolute atomic E-state index is 0.0863. The number of fused-ring (bicyclic) bond motifs is 1. The largest absolute Gasteiger partial charge is 0.493 e. The Labute approximate surface area is 281 Å². The predicted molar refractivity (Wildman–Crippen MR) is 180 cm³/mol. The Morgan fingerprint density at radius 3 is 2.31 bits per heavy atom. The molecule has 0 unspecified atom stereocenters. The van der Waals surface area contributed by atoms with E-state index in [2.05, 4.69) is 4.99 Å². The number of carbonyl (C=O) groups is 2. The van der Waals surface area contributed by atoms with E-state index < -0.39 is 18.0 Å². The number of nitrogens with zero attached hydrogens (tertiary/aromatic N) is 2. The number of ether oxygens (including phenoxy) is 5. The highest BCUT2D eigenvalue weighted by Crippen LogP contribution is 2.36. The molecule has 1 aliphatic heterocycles. The molecule has 11 nitrogen and oxygen atoms in total. The van der Waals surface area contributed by atoms with Crippen LogP contribution in [0, 0.1) is 0 Å². The van der Waals surface area contributed by atoms with Gasteiger partial charge in [-0.3, -0.25) is 9.36 Å². The van der Waals surface area contributed by atoms with Crippen molar-refractivity contribution in [1.82, 2.24) is 4.57 Å². The average molecular weight is 673 g/mol. The van der Waals surface area contributed by atoms with Gasteiger partial charge < -0.3 is 28.8 Å². The summed E-state index contributed by atoms with van der Waals surface area (Å²) in [7, 11) is 3.06. The first-order valence-electron chi connectivity index (χ1n) is 15.2. The lowest BCUT2D eigenvalue weighted by atomic mass is 9.95. The SMILES string of the molecule is CCOC(=O)C1=C(C)N=c2s/c(=C\c3ccc(OCc4ccc(C(=O)O)cc4)c(OC)c3)c(=O)n2[C@@H]1c1ccc(OC(C)C)c(OC)c1. The van der Waals surface area contributed by atoms with E-state index in [0.29, 0.717) is 49.2 Å². The van der Waals surface area contributed by atoms with Gasteiger partial charge in [0.1, 0.15) is 6.61 Å². The van der Waals surface area contributed by atoms with Crippen LogP contribution in [0.15, 0.2) is 81.7 Å². The lowest BCUT2D eigenvalue weighted by Gasteiger charge is -2.25. The van der Waals surface area contributed by atoms with Gasteiger partial charge in [-0.2, -0.15) is 0 Å². The standard InChI is InChI=1S/C36H36N2O9S/c1-7-45-35(42)31-21(4)37-36-38(32(31)25-13-15-27(47-20(2)3)29(18-25)44-6)33(39)30(48-36)17-23-10-14-26(28(16-23)43-5)46-19-22-8-11-24(12-9-22)34(40)41/h8-18,20,32H,7,19H2,1-6H3,(H,40,41)/b30-17-/t32-/m1/s1. The molecular weight excluding hydrogens is 636 g/mol. The maximum absolute atomic E-state index is 14.1. The van der Waals surface area contributed by atoms with Crippen LogP contribution in [0.5, 0.6) is 23.0 Å². The lowest BCUT2D eigenvalue weighted by Crippen LogP contribution is -2.40. The number of carboxylic acid groups (broad SMARTS) is 1. The minimum atomic E-state index is -0.997. The summed E-state index contributed by atoms with van der Waals surface area (Å²) < 4.78 is 30.4. The molecule has 48 heavy (non-hydrogen) atoms. The van der Waals surface area contributed by atoms with Gasteiger partial charge in [-0.15, -0.1) is 0 Å². The van der Waals surface area contributed by atoms with Crippen LogP contribution in [0.2, 0.25) is 0 Å². The van der Waals surface area contributed by atoms with Crippen molar-refractivity contribution in [3.05, 3.63) is 114 Å². The van der Waals surface area contributed by atoms with Crippen molar-refractivity contribution in [2.24, 2.45) is 4.99 Å². The van der Waals surface area contributed by atoms with Gasteiger partial charge in [0.15, 0.2) is 27.8 Å². The Morgan fingerprint density at radius 2 is 1.67 bits per heavy atom. The number of benzene rings is 3. The quantitative estimate of drug-likeness (QED) is 0.209. The van der Waals surface area contributed by atoms with Gasteiger partial charge in [0.05, 0.1) is 54.3 Å². The third kappa shape index (κ3) is 7.13. The first kappa shape index (κ1) is 34.0. The molecule has 0 saturated carbocycles. The molecule has 12 heteroatoms. The second-order valence-electron chi connectivity index (χ2n) is 11.1. The number of rotatable bonds is 12. The highest BCUT2D eigenvalue weighted by Gasteiger charge is 2.34. The van der Waals surface area contributed by atoms with Crippen LogP contribution in [0.4, 0.5) is 0 Å². The fraction of sp³-hybridized carbons (Fsp3) is 0.278. The van der Waals surface area contributed by atoms with E-state index in [1.807, 2.05) is 19.9 Å². The number of aromatic nitrogens is 1. The van der Waals surface area contributed by atoms with Crippen LogP contribution in [0.25, 0.3) is 6.08 Å². The normalized spacial score (nSPS) is 14.3. The van der Waals surface area contributed by atoms with Crippen molar-refractivity contribution in [3.8, 4) is 23.0 Å². The summed E-state index contributed by atoms with van der Waals surface area (Å²) in [6.45, 7) is 7.64. The highest BCUT2D eigenvalue weighted by molar-refractivity contribution is 7.07. The molecular formula is C36H36N2O9S. The number of carbonyl (C=O) groups excluding carboxylic acids is 1. The molecule has 1 aromatic heterocycles. The molecule has 0 aliphatic carbocycles. The molecule has 1 N–H and O–H groups in total. The lowest BCUT2D eigenvalue weighted by molar-refractivity contribution is -0.139. The number of aromatic carboxylic acids is 1. The fourth-order valence-electron chi connectivity index (χ4n) is 5.26. The van der Waals surface area contributed by atoms with Gasteiger partial charge in [0.25, 0.3) is 5.56 Å². The van der Waals surface area contributed by atoms with E-state index in [4.69, 9.17) is 28.8 Å². The number of hydrogen-bond donors (Lipinski definition) is 1. The second kappa shape index (κ2) is 14.6. The van der Waals surface area contributed by atoms with Crippen molar-refractivity contribution in [2.45, 2.75) is 46.4 Å². The van der Waals surface area contributed by atoms with Gasteiger partial charge in [-0.05, 0) is 86.9 Å². The average Bonchev–Trinajstić information content (AvgIpc) is 3.37. The molecule has 0 radical (unpaired) electrons. The van der Waals surface area contributed by atoms with Crippen LogP contribution in [0.3, 0.4) is 0 Å². The van der Waals surface area contributed by atoms with E-state index in [1.165, 1.54) is 42.3 Å². The molecule has 0 fully saturated rings. The summed E-state index contributed by atoms with van der Waals surface area (Å²) in [5.41, 5.74) is 2.68.